The number of hydrogen-bond donors (Lipinski definition) is 1. The van der Waals surface area contributed by atoms with Gasteiger partial charge in [0.1, 0.15) is 12.1 Å². The fraction of sp³-hybridized carbons (Fsp3) is 0.471. The van der Waals surface area contributed by atoms with Crippen LogP contribution in [0.2, 0.25) is 0 Å². The lowest BCUT2D eigenvalue weighted by Crippen LogP contribution is -2.41. The van der Waals surface area contributed by atoms with Crippen LogP contribution in [0.25, 0.3) is 10.9 Å². The average molecular weight is 378 g/mol. The van der Waals surface area contributed by atoms with Crippen LogP contribution >= 0.6 is 0 Å². The summed E-state index contributed by atoms with van der Waals surface area (Å²) in [7, 11) is -3.14. The van der Waals surface area contributed by atoms with Crippen molar-refractivity contribution < 1.29 is 18.0 Å². The molecule has 1 saturated heterocycles. The van der Waals surface area contributed by atoms with Gasteiger partial charge in [0.05, 0.1) is 11.8 Å². The summed E-state index contributed by atoms with van der Waals surface area (Å²) in [5, 5.41) is 1.06. The average Bonchev–Trinajstić information content (AvgIpc) is 2.60. The molecule has 2 aromatic rings. The van der Waals surface area contributed by atoms with Gasteiger partial charge in [-0.1, -0.05) is 11.6 Å². The summed E-state index contributed by atoms with van der Waals surface area (Å²) in [6.07, 6.45) is 5.12. The highest BCUT2D eigenvalue weighted by molar-refractivity contribution is 7.88. The number of anilines is 1. The van der Waals surface area contributed by atoms with Crippen LogP contribution in [-0.4, -0.2) is 50.4 Å². The van der Waals surface area contributed by atoms with Crippen molar-refractivity contribution in [3.63, 3.8) is 0 Å². The number of aryl methyl sites for hydroxylation is 1. The van der Waals surface area contributed by atoms with Crippen molar-refractivity contribution in [2.45, 2.75) is 19.8 Å². The molecule has 1 aromatic carbocycles. The van der Waals surface area contributed by atoms with Gasteiger partial charge in [-0.3, -0.25) is 0 Å². The number of rotatable bonds is 4. The number of aromatic nitrogens is 2. The first-order valence-corrected chi connectivity index (χ1v) is 10.1. The van der Waals surface area contributed by atoms with E-state index in [1.807, 2.05) is 12.1 Å². The van der Waals surface area contributed by atoms with Crippen molar-refractivity contribution in [3.8, 4) is 0 Å². The molecule has 1 fully saturated rings. The molecule has 1 aliphatic rings. The van der Waals surface area contributed by atoms with E-state index in [0.717, 1.165) is 42.7 Å². The minimum Gasteiger partial charge on any atom is -0.356 e. The third-order valence-corrected chi connectivity index (χ3v) is 4.91. The number of fused-ring (bicyclic) bond motifs is 1. The molecule has 0 saturated carbocycles. The van der Waals surface area contributed by atoms with Crippen LogP contribution in [0, 0.1) is 12.8 Å². The van der Waals surface area contributed by atoms with E-state index in [1.54, 1.807) is 6.33 Å². The van der Waals surface area contributed by atoms with Gasteiger partial charge in [-0.2, -0.15) is 9.59 Å². The van der Waals surface area contributed by atoms with E-state index in [-0.39, 0.29) is 6.15 Å². The zero-order valence-corrected chi connectivity index (χ0v) is 15.6. The van der Waals surface area contributed by atoms with Crippen LogP contribution in [0.3, 0.4) is 0 Å². The van der Waals surface area contributed by atoms with Gasteiger partial charge in [0.2, 0.25) is 10.0 Å². The number of nitrogens with one attached hydrogen (secondary N) is 1. The number of hydrogen-bond acceptors (Lipinski definition) is 7. The third-order valence-electron chi connectivity index (χ3n) is 4.22. The Hall–Kier alpha value is -2.35. The Morgan fingerprint density at radius 3 is 2.73 bits per heavy atom. The van der Waals surface area contributed by atoms with Gasteiger partial charge in [-0.25, -0.2) is 23.1 Å². The topological polar surface area (TPSA) is 109 Å². The highest BCUT2D eigenvalue weighted by Gasteiger charge is 2.23. The molecule has 0 bridgehead atoms. The summed E-state index contributed by atoms with van der Waals surface area (Å²) >= 11 is 0. The lowest BCUT2D eigenvalue weighted by Gasteiger charge is -2.34. The number of piperidine rings is 1. The first kappa shape index (κ1) is 20.0. The zero-order chi connectivity index (χ0) is 19.2. The maximum atomic E-state index is 11.3. The first-order chi connectivity index (χ1) is 12.3. The van der Waals surface area contributed by atoms with Crippen molar-refractivity contribution in [1.82, 2.24) is 14.7 Å². The van der Waals surface area contributed by atoms with Gasteiger partial charge in [0.15, 0.2) is 0 Å². The van der Waals surface area contributed by atoms with E-state index in [2.05, 4.69) is 32.6 Å². The summed E-state index contributed by atoms with van der Waals surface area (Å²) in [6, 6.07) is 6.18. The molecule has 0 aliphatic carbocycles. The van der Waals surface area contributed by atoms with Gasteiger partial charge in [0.25, 0.3) is 0 Å². The lowest BCUT2D eigenvalue weighted by molar-refractivity contribution is -0.191. The molecule has 0 spiro atoms. The highest BCUT2D eigenvalue weighted by atomic mass is 32.2. The smallest absolute Gasteiger partial charge is 0.356 e. The molecular formula is C17H22N4O4S. The number of benzene rings is 1. The minimum absolute atomic E-state index is 0.250. The minimum atomic E-state index is -3.14. The van der Waals surface area contributed by atoms with Crippen LogP contribution in [0.5, 0.6) is 0 Å². The second kappa shape index (κ2) is 8.84. The largest absolute Gasteiger partial charge is 0.373 e. The Kier molecular flexibility index (Phi) is 6.79. The molecule has 26 heavy (non-hydrogen) atoms. The molecule has 1 atom stereocenters. The third kappa shape index (κ3) is 5.59. The second-order valence-electron chi connectivity index (χ2n) is 6.38. The van der Waals surface area contributed by atoms with Crippen LogP contribution in [0.1, 0.15) is 18.4 Å². The monoisotopic (exact) mass is 378 g/mol. The second-order valence-corrected chi connectivity index (χ2v) is 8.21. The highest BCUT2D eigenvalue weighted by Crippen LogP contribution is 2.27. The molecule has 1 aromatic heterocycles. The first-order valence-electron chi connectivity index (χ1n) is 8.24. The van der Waals surface area contributed by atoms with Gasteiger partial charge in [-0.15, -0.1) is 0 Å². The van der Waals surface area contributed by atoms with E-state index < -0.39 is 10.0 Å². The molecule has 1 aliphatic heterocycles. The molecule has 1 unspecified atom stereocenters. The molecule has 9 heteroatoms. The maximum absolute atomic E-state index is 11.3. The van der Waals surface area contributed by atoms with Crippen LogP contribution in [0.4, 0.5) is 5.82 Å². The predicted octanol–water partition coefficient (Wildman–Crippen LogP) is 1.12. The maximum Gasteiger partial charge on any atom is 0.373 e. The zero-order valence-electron chi connectivity index (χ0n) is 14.8. The Morgan fingerprint density at radius 1 is 1.31 bits per heavy atom. The predicted molar refractivity (Wildman–Crippen MR) is 97.1 cm³/mol. The summed E-state index contributed by atoms with van der Waals surface area (Å²) in [4.78, 5) is 27.3. The van der Waals surface area contributed by atoms with E-state index >= 15 is 0 Å². The quantitative estimate of drug-likeness (QED) is 0.849. The molecule has 1 N–H and O–H groups in total. The summed E-state index contributed by atoms with van der Waals surface area (Å²) in [5.41, 5.74) is 2.12. The standard InChI is InChI=1S/C16H22N4O2S.CO2/c1-12-5-6-15-14(8-12)16(18-11-17-15)20-7-3-4-13(10-20)9-19-23(2,21)22;2-1-3/h5-6,8,11,13,19H,3-4,7,9-10H2,1-2H3;. The molecule has 2 heterocycles. The van der Waals surface area contributed by atoms with E-state index in [1.165, 1.54) is 11.8 Å². The summed E-state index contributed by atoms with van der Waals surface area (Å²) in [5.74, 6) is 1.25. The van der Waals surface area contributed by atoms with Gasteiger partial charge in [0, 0.05) is 25.0 Å². The van der Waals surface area contributed by atoms with Crippen molar-refractivity contribution in [1.29, 1.82) is 0 Å². The molecule has 0 radical (unpaired) electrons. The van der Waals surface area contributed by atoms with Crippen LogP contribution in [-0.2, 0) is 19.6 Å². The van der Waals surface area contributed by atoms with Crippen LogP contribution in [0.15, 0.2) is 24.5 Å². The summed E-state index contributed by atoms with van der Waals surface area (Å²) < 4.78 is 25.2. The number of sulfonamides is 1. The Balaban J connectivity index is 0.000000758. The molecule has 8 nitrogen and oxygen atoms in total. The Morgan fingerprint density at radius 2 is 2.04 bits per heavy atom. The Labute approximate surface area is 152 Å². The molecule has 3 rings (SSSR count). The van der Waals surface area contributed by atoms with E-state index in [0.29, 0.717) is 12.5 Å². The normalized spacial score (nSPS) is 17.3. The molecule has 140 valence electrons. The number of carbonyl (C=O) groups excluding carboxylic acids is 2. The van der Waals surface area contributed by atoms with Crippen molar-refractivity contribution in [2.24, 2.45) is 5.92 Å². The van der Waals surface area contributed by atoms with Gasteiger partial charge in [-0.05, 0) is 37.8 Å². The fourth-order valence-electron chi connectivity index (χ4n) is 3.10. The Bertz CT molecular complexity index is 895. The van der Waals surface area contributed by atoms with Gasteiger partial charge >= 0.3 is 6.15 Å². The lowest BCUT2D eigenvalue weighted by atomic mass is 9.98. The van der Waals surface area contributed by atoms with Gasteiger partial charge < -0.3 is 4.90 Å². The van der Waals surface area contributed by atoms with Crippen molar-refractivity contribution >= 4 is 32.9 Å². The fourth-order valence-corrected chi connectivity index (χ4v) is 3.64. The SMILES string of the molecule is Cc1ccc2ncnc(N3CCCC(CNS(C)(=O)=O)C3)c2c1.O=C=O. The number of nitrogens with zero attached hydrogens (tertiary/aromatic N) is 3. The van der Waals surface area contributed by atoms with Crippen molar-refractivity contribution in [2.75, 3.05) is 30.8 Å². The van der Waals surface area contributed by atoms with Crippen LogP contribution < -0.4 is 9.62 Å². The summed E-state index contributed by atoms with van der Waals surface area (Å²) in [6.45, 7) is 4.29. The molecule has 0 amide bonds. The van der Waals surface area contributed by atoms with E-state index in [9.17, 15) is 8.42 Å². The van der Waals surface area contributed by atoms with Crippen molar-refractivity contribution in [3.05, 3.63) is 30.1 Å². The molecular weight excluding hydrogens is 356 g/mol. The van der Waals surface area contributed by atoms with E-state index in [4.69, 9.17) is 9.59 Å².